The van der Waals surface area contributed by atoms with E-state index in [1.807, 2.05) is 0 Å². The van der Waals surface area contributed by atoms with Crippen molar-refractivity contribution >= 4 is 0 Å². The third kappa shape index (κ3) is 1.73. The first-order valence-corrected chi connectivity index (χ1v) is 4.77. The van der Waals surface area contributed by atoms with Gasteiger partial charge in [0.1, 0.15) is 11.4 Å². The van der Waals surface area contributed by atoms with Crippen LogP contribution in [0.25, 0.3) is 0 Å². The van der Waals surface area contributed by atoms with E-state index in [1.165, 1.54) is 12.1 Å². The van der Waals surface area contributed by atoms with Crippen molar-refractivity contribution in [2.24, 2.45) is 0 Å². The monoisotopic (exact) mass is 196 g/mol. The Labute approximate surface area is 82.3 Å². The van der Waals surface area contributed by atoms with Gasteiger partial charge in [-0.3, -0.25) is 0 Å². The molecule has 0 amide bonds. The summed E-state index contributed by atoms with van der Waals surface area (Å²) in [5.74, 6) is 0.171. The predicted octanol–water partition coefficient (Wildman–Crippen LogP) is 2.37. The normalized spacial score (nSPS) is 20.6. The molecule has 2 rings (SSSR count). The van der Waals surface area contributed by atoms with Gasteiger partial charge in [-0.2, -0.15) is 0 Å². The summed E-state index contributed by atoms with van der Waals surface area (Å²) in [5.41, 5.74) is -0.634. The molecule has 0 spiro atoms. The topological polar surface area (TPSA) is 29.5 Å². The largest absolute Gasteiger partial charge is 0.508 e. The molecule has 1 aliphatic heterocycles. The Morgan fingerprint density at radius 3 is 2.29 bits per heavy atom. The molecule has 1 saturated heterocycles. The van der Waals surface area contributed by atoms with Crippen molar-refractivity contribution in [3.05, 3.63) is 29.8 Å². The molecule has 0 saturated carbocycles. The molecule has 1 heterocycles. The second kappa shape index (κ2) is 3.58. The fraction of sp³-hybridized carbons (Fsp3) is 0.455. The molecule has 0 atom stereocenters. The lowest BCUT2D eigenvalue weighted by Gasteiger charge is -2.29. The van der Waals surface area contributed by atoms with Crippen LogP contribution in [0.4, 0.5) is 4.39 Å². The fourth-order valence-corrected chi connectivity index (χ4v) is 1.74. The highest BCUT2D eigenvalue weighted by molar-refractivity contribution is 5.30. The second-order valence-corrected chi connectivity index (χ2v) is 3.62. The first-order chi connectivity index (χ1) is 6.71. The summed E-state index contributed by atoms with van der Waals surface area (Å²) in [6.45, 7) is 0.939. The summed E-state index contributed by atoms with van der Waals surface area (Å²) in [6, 6.07) is 6.32. The van der Waals surface area contributed by atoms with Crippen LogP contribution in [0, 0.1) is 0 Å². The van der Waals surface area contributed by atoms with Crippen LogP contribution < -0.4 is 0 Å². The number of halogens is 1. The van der Waals surface area contributed by atoms with Crippen LogP contribution in [0.15, 0.2) is 24.3 Å². The van der Waals surface area contributed by atoms with Crippen molar-refractivity contribution in [3.63, 3.8) is 0 Å². The number of hydrogen-bond donors (Lipinski definition) is 1. The Bertz CT molecular complexity index is 302. The molecule has 3 heteroatoms. The zero-order chi connectivity index (χ0) is 10.0. The maximum Gasteiger partial charge on any atom is 0.140 e. The molecule has 0 radical (unpaired) electrons. The average Bonchev–Trinajstić information content (AvgIpc) is 2.19. The zero-order valence-electron chi connectivity index (χ0n) is 7.87. The number of aromatic hydroxyl groups is 1. The third-order valence-corrected chi connectivity index (χ3v) is 2.67. The van der Waals surface area contributed by atoms with Crippen molar-refractivity contribution in [1.29, 1.82) is 0 Å². The van der Waals surface area contributed by atoms with E-state index in [0.717, 1.165) is 0 Å². The summed E-state index contributed by atoms with van der Waals surface area (Å²) < 4.78 is 19.4. The molecule has 1 aliphatic rings. The van der Waals surface area contributed by atoms with Gasteiger partial charge in [-0.25, -0.2) is 4.39 Å². The minimum Gasteiger partial charge on any atom is -0.508 e. The molecular weight excluding hydrogens is 183 g/mol. The SMILES string of the molecule is Oc1ccc(C2(F)CCOCC2)cc1. The van der Waals surface area contributed by atoms with Gasteiger partial charge < -0.3 is 9.84 Å². The van der Waals surface area contributed by atoms with Crippen LogP contribution in [0.1, 0.15) is 18.4 Å². The zero-order valence-corrected chi connectivity index (χ0v) is 7.87. The van der Waals surface area contributed by atoms with Gasteiger partial charge in [0, 0.05) is 26.1 Å². The minimum atomic E-state index is -1.27. The first kappa shape index (κ1) is 9.46. The Balaban J connectivity index is 2.23. The highest BCUT2D eigenvalue weighted by atomic mass is 19.1. The van der Waals surface area contributed by atoms with Crippen LogP contribution in [0.2, 0.25) is 0 Å². The molecular formula is C11H13FO2. The molecule has 1 aromatic carbocycles. The molecule has 14 heavy (non-hydrogen) atoms. The molecule has 1 aromatic rings. The first-order valence-electron chi connectivity index (χ1n) is 4.77. The molecule has 1 fully saturated rings. The highest BCUT2D eigenvalue weighted by Crippen LogP contribution is 2.36. The van der Waals surface area contributed by atoms with E-state index in [1.54, 1.807) is 12.1 Å². The molecule has 76 valence electrons. The van der Waals surface area contributed by atoms with Crippen LogP contribution in [0.3, 0.4) is 0 Å². The Morgan fingerprint density at radius 2 is 1.71 bits per heavy atom. The number of alkyl halides is 1. The van der Waals surface area contributed by atoms with E-state index in [-0.39, 0.29) is 5.75 Å². The van der Waals surface area contributed by atoms with Crippen molar-refractivity contribution in [2.45, 2.75) is 18.5 Å². The second-order valence-electron chi connectivity index (χ2n) is 3.62. The summed E-state index contributed by atoms with van der Waals surface area (Å²) in [4.78, 5) is 0. The molecule has 0 aromatic heterocycles. The van der Waals surface area contributed by atoms with Gasteiger partial charge in [-0.15, -0.1) is 0 Å². The molecule has 0 bridgehead atoms. The van der Waals surface area contributed by atoms with E-state index in [9.17, 15) is 4.39 Å². The minimum absolute atomic E-state index is 0.171. The predicted molar refractivity (Wildman–Crippen MR) is 50.9 cm³/mol. The number of benzene rings is 1. The maximum atomic E-state index is 14.3. The summed E-state index contributed by atoms with van der Waals surface area (Å²) >= 11 is 0. The molecule has 1 N–H and O–H groups in total. The molecule has 0 aliphatic carbocycles. The van der Waals surface area contributed by atoms with Gasteiger partial charge in [0.25, 0.3) is 0 Å². The van der Waals surface area contributed by atoms with E-state index >= 15 is 0 Å². The lowest BCUT2D eigenvalue weighted by atomic mass is 9.88. The van der Waals surface area contributed by atoms with Gasteiger partial charge in [0.15, 0.2) is 0 Å². The number of hydrogen-bond acceptors (Lipinski definition) is 2. The van der Waals surface area contributed by atoms with Gasteiger partial charge in [-0.1, -0.05) is 12.1 Å². The van der Waals surface area contributed by atoms with E-state index in [2.05, 4.69) is 0 Å². The van der Waals surface area contributed by atoms with Crippen LogP contribution in [-0.2, 0) is 10.4 Å². The average molecular weight is 196 g/mol. The van der Waals surface area contributed by atoms with Crippen molar-refractivity contribution in [1.82, 2.24) is 0 Å². The maximum absolute atomic E-state index is 14.3. The van der Waals surface area contributed by atoms with E-state index < -0.39 is 5.67 Å². The number of rotatable bonds is 1. The van der Waals surface area contributed by atoms with Crippen LogP contribution in [0.5, 0.6) is 5.75 Å². The van der Waals surface area contributed by atoms with Crippen molar-refractivity contribution in [2.75, 3.05) is 13.2 Å². The lowest BCUT2D eigenvalue weighted by Crippen LogP contribution is -2.29. The Hall–Kier alpha value is -1.09. The van der Waals surface area contributed by atoms with Crippen molar-refractivity contribution in [3.8, 4) is 5.75 Å². The van der Waals surface area contributed by atoms with E-state index in [4.69, 9.17) is 9.84 Å². The number of ether oxygens (including phenoxy) is 1. The van der Waals surface area contributed by atoms with Gasteiger partial charge in [0.05, 0.1) is 0 Å². The summed E-state index contributed by atoms with van der Waals surface area (Å²) in [7, 11) is 0. The standard InChI is InChI=1S/C11H13FO2/c12-11(5-7-14-8-6-11)9-1-3-10(13)4-2-9/h1-4,13H,5-8H2. The Morgan fingerprint density at radius 1 is 1.14 bits per heavy atom. The molecule has 0 unspecified atom stereocenters. The molecule has 2 nitrogen and oxygen atoms in total. The van der Waals surface area contributed by atoms with Crippen molar-refractivity contribution < 1.29 is 14.2 Å². The lowest BCUT2D eigenvalue weighted by molar-refractivity contribution is -0.0115. The third-order valence-electron chi connectivity index (χ3n) is 2.67. The summed E-state index contributed by atoms with van der Waals surface area (Å²) in [6.07, 6.45) is 0.801. The smallest absolute Gasteiger partial charge is 0.140 e. The number of phenols is 1. The van der Waals surface area contributed by atoms with Crippen LogP contribution >= 0.6 is 0 Å². The highest BCUT2D eigenvalue weighted by Gasteiger charge is 2.33. The van der Waals surface area contributed by atoms with Gasteiger partial charge >= 0.3 is 0 Å². The van der Waals surface area contributed by atoms with Gasteiger partial charge in [0.2, 0.25) is 0 Å². The quantitative estimate of drug-likeness (QED) is 0.747. The fourth-order valence-electron chi connectivity index (χ4n) is 1.74. The van der Waals surface area contributed by atoms with Crippen LogP contribution in [-0.4, -0.2) is 18.3 Å². The number of phenolic OH excluding ortho intramolecular Hbond substituents is 1. The van der Waals surface area contributed by atoms with Gasteiger partial charge in [-0.05, 0) is 17.7 Å². The Kier molecular flexibility index (Phi) is 2.42. The summed E-state index contributed by atoms with van der Waals surface area (Å²) in [5, 5.41) is 9.09. The van der Waals surface area contributed by atoms with E-state index in [0.29, 0.717) is 31.6 Å².